The maximum Gasteiger partial charge on any atom is 0.323 e. The molecule has 0 spiro atoms. The van der Waals surface area contributed by atoms with Gasteiger partial charge in [-0.25, -0.2) is 14.6 Å². The summed E-state index contributed by atoms with van der Waals surface area (Å²) in [5.41, 5.74) is 8.31. The molecule has 2 aromatic carbocycles. The van der Waals surface area contributed by atoms with Crippen molar-refractivity contribution in [1.29, 1.82) is 0 Å². The molecular formula is C21H19ClN6O2. The van der Waals surface area contributed by atoms with Gasteiger partial charge in [-0.2, -0.15) is 0 Å². The van der Waals surface area contributed by atoms with E-state index in [1.807, 2.05) is 30.3 Å². The highest BCUT2D eigenvalue weighted by atomic mass is 35.5. The fourth-order valence-corrected chi connectivity index (χ4v) is 4.27. The molecule has 4 N–H and O–H groups in total. The Morgan fingerprint density at radius 3 is 2.90 bits per heavy atom. The van der Waals surface area contributed by atoms with Gasteiger partial charge in [-0.15, -0.1) is 0 Å². The third-order valence-electron chi connectivity index (χ3n) is 5.48. The van der Waals surface area contributed by atoms with E-state index in [1.165, 1.54) is 4.57 Å². The van der Waals surface area contributed by atoms with Gasteiger partial charge in [0.25, 0.3) is 0 Å². The predicted octanol–water partition coefficient (Wildman–Crippen LogP) is 4.47. The average molecular weight is 423 g/mol. The highest BCUT2D eigenvalue weighted by Crippen LogP contribution is 2.33. The van der Waals surface area contributed by atoms with Crippen LogP contribution in [0.2, 0.25) is 5.02 Å². The highest BCUT2D eigenvalue weighted by Gasteiger charge is 2.32. The maximum atomic E-state index is 13.1. The van der Waals surface area contributed by atoms with E-state index in [0.29, 0.717) is 22.8 Å². The monoisotopic (exact) mass is 422 g/mol. The third-order valence-corrected chi connectivity index (χ3v) is 5.72. The van der Waals surface area contributed by atoms with E-state index in [4.69, 9.17) is 17.3 Å². The second-order valence-electron chi connectivity index (χ2n) is 7.33. The molecule has 0 unspecified atom stereocenters. The number of halogens is 1. The number of carbonyl (C=O) groups is 2. The van der Waals surface area contributed by atoms with Crippen molar-refractivity contribution < 1.29 is 9.59 Å². The number of benzene rings is 2. The van der Waals surface area contributed by atoms with Crippen LogP contribution in [0.4, 0.5) is 15.3 Å². The van der Waals surface area contributed by atoms with Gasteiger partial charge in [0.2, 0.25) is 0 Å². The van der Waals surface area contributed by atoms with E-state index in [2.05, 4.69) is 15.3 Å². The molecule has 5 rings (SSSR count). The smallest absolute Gasteiger partial charge is 0.323 e. The number of fused-ring (bicyclic) bond motifs is 2. The molecule has 9 heteroatoms. The number of rotatable bonds is 2. The van der Waals surface area contributed by atoms with E-state index in [-0.39, 0.29) is 12.1 Å². The van der Waals surface area contributed by atoms with Gasteiger partial charge in [0.1, 0.15) is 5.82 Å². The number of aromatic amines is 1. The minimum absolute atomic E-state index is 0.166. The number of nitrogens with two attached hydrogens (primary N) is 1. The SMILES string of the molecule is NC(=O)n1cc(NC(=O)N2CCC[C@H]2c2nc3ccc(Cl)cc3[nH]2)c2ccccc21. The minimum Gasteiger partial charge on any atom is -0.351 e. The zero-order valence-electron chi connectivity index (χ0n) is 15.9. The Morgan fingerprint density at radius 2 is 2.07 bits per heavy atom. The number of hydrogen-bond donors (Lipinski definition) is 3. The number of carbonyl (C=O) groups excluding carboxylic acids is 2. The maximum absolute atomic E-state index is 13.1. The number of amides is 3. The van der Waals surface area contributed by atoms with Crippen molar-refractivity contribution in [3.05, 3.63) is 59.5 Å². The topological polar surface area (TPSA) is 109 Å². The van der Waals surface area contributed by atoms with Crippen LogP contribution in [-0.4, -0.2) is 38.0 Å². The number of anilines is 1. The number of H-pyrrole nitrogens is 1. The summed E-state index contributed by atoms with van der Waals surface area (Å²) >= 11 is 6.07. The molecule has 0 radical (unpaired) electrons. The van der Waals surface area contributed by atoms with Crippen LogP contribution in [0.25, 0.3) is 21.9 Å². The second-order valence-corrected chi connectivity index (χ2v) is 7.77. The lowest BCUT2D eigenvalue weighted by atomic mass is 10.2. The van der Waals surface area contributed by atoms with Gasteiger partial charge in [0.05, 0.1) is 28.3 Å². The van der Waals surface area contributed by atoms with Gasteiger partial charge in [0, 0.05) is 23.2 Å². The molecule has 1 saturated heterocycles. The number of hydrogen-bond acceptors (Lipinski definition) is 3. The summed E-state index contributed by atoms with van der Waals surface area (Å²) in [6, 6.07) is 11.8. The third kappa shape index (κ3) is 3.05. The molecule has 1 atom stereocenters. The van der Waals surface area contributed by atoms with Crippen LogP contribution >= 0.6 is 11.6 Å². The van der Waals surface area contributed by atoms with Crippen LogP contribution < -0.4 is 11.1 Å². The first-order valence-electron chi connectivity index (χ1n) is 9.64. The Bertz CT molecular complexity index is 1290. The standard InChI is InChI=1S/C21H19ClN6O2/c22-12-7-8-14-15(10-12)25-19(24-14)18-6-3-9-27(18)21(30)26-16-11-28(20(23)29)17-5-2-1-4-13(16)17/h1-2,4-5,7-8,10-11,18H,3,6,9H2,(H2,23,29)(H,24,25)(H,26,30)/t18-/m0/s1. The normalized spacial score (nSPS) is 16.4. The van der Waals surface area contributed by atoms with Crippen LogP contribution in [-0.2, 0) is 0 Å². The molecule has 1 aliphatic heterocycles. The fraction of sp³-hybridized carbons (Fsp3) is 0.190. The molecule has 0 saturated carbocycles. The summed E-state index contributed by atoms with van der Waals surface area (Å²) in [5, 5.41) is 4.32. The molecule has 8 nitrogen and oxygen atoms in total. The Kier molecular flexibility index (Phi) is 4.36. The molecule has 1 aliphatic rings. The van der Waals surface area contributed by atoms with E-state index >= 15 is 0 Å². The number of nitrogens with one attached hydrogen (secondary N) is 2. The van der Waals surface area contributed by atoms with Gasteiger partial charge in [-0.1, -0.05) is 29.8 Å². The summed E-state index contributed by atoms with van der Waals surface area (Å²) in [4.78, 5) is 34.6. The van der Waals surface area contributed by atoms with Crippen molar-refractivity contribution in [2.24, 2.45) is 5.73 Å². The van der Waals surface area contributed by atoms with E-state index in [0.717, 1.165) is 35.1 Å². The van der Waals surface area contributed by atoms with Gasteiger partial charge < -0.3 is 20.9 Å². The van der Waals surface area contributed by atoms with Crippen molar-refractivity contribution >= 4 is 51.3 Å². The molecule has 30 heavy (non-hydrogen) atoms. The van der Waals surface area contributed by atoms with Crippen LogP contribution in [0.3, 0.4) is 0 Å². The molecule has 4 aromatic rings. The Balaban J connectivity index is 1.44. The van der Waals surface area contributed by atoms with Gasteiger partial charge in [0.15, 0.2) is 0 Å². The molecule has 1 fully saturated rings. The fourth-order valence-electron chi connectivity index (χ4n) is 4.10. The number of likely N-dealkylation sites (tertiary alicyclic amines) is 1. The lowest BCUT2D eigenvalue weighted by molar-refractivity contribution is 0.205. The van der Waals surface area contributed by atoms with Gasteiger partial charge >= 0.3 is 12.1 Å². The van der Waals surface area contributed by atoms with Crippen LogP contribution in [0, 0.1) is 0 Å². The Hall–Kier alpha value is -3.52. The molecule has 0 aliphatic carbocycles. The van der Waals surface area contributed by atoms with E-state index in [1.54, 1.807) is 23.2 Å². The zero-order chi connectivity index (χ0) is 20.8. The molecule has 2 aromatic heterocycles. The molecule has 152 valence electrons. The van der Waals surface area contributed by atoms with Crippen molar-refractivity contribution in [3.63, 3.8) is 0 Å². The lowest BCUT2D eigenvalue weighted by Gasteiger charge is -2.23. The summed E-state index contributed by atoms with van der Waals surface area (Å²) in [6.45, 7) is 0.614. The van der Waals surface area contributed by atoms with Crippen molar-refractivity contribution in [1.82, 2.24) is 19.4 Å². The first-order valence-corrected chi connectivity index (χ1v) is 10.0. The number of nitrogens with zero attached hydrogens (tertiary/aromatic N) is 3. The summed E-state index contributed by atoms with van der Waals surface area (Å²) < 4.78 is 1.33. The van der Waals surface area contributed by atoms with Crippen molar-refractivity contribution in [2.75, 3.05) is 11.9 Å². The lowest BCUT2D eigenvalue weighted by Crippen LogP contribution is -2.34. The number of primary amides is 1. The van der Waals surface area contributed by atoms with Gasteiger partial charge in [-0.05, 0) is 37.1 Å². The Labute approximate surface area is 176 Å². The molecular weight excluding hydrogens is 404 g/mol. The average Bonchev–Trinajstić information content (AvgIpc) is 3.44. The largest absolute Gasteiger partial charge is 0.351 e. The number of imidazole rings is 1. The predicted molar refractivity (Wildman–Crippen MR) is 116 cm³/mol. The van der Waals surface area contributed by atoms with E-state index in [9.17, 15) is 9.59 Å². The number of aromatic nitrogens is 3. The Morgan fingerprint density at radius 1 is 1.23 bits per heavy atom. The van der Waals surface area contributed by atoms with Crippen LogP contribution in [0.15, 0.2) is 48.7 Å². The zero-order valence-corrected chi connectivity index (χ0v) is 16.7. The molecule has 3 heterocycles. The summed E-state index contributed by atoms with van der Waals surface area (Å²) in [6.07, 6.45) is 3.24. The quantitative estimate of drug-likeness (QED) is 0.443. The first-order chi connectivity index (χ1) is 14.5. The second kappa shape index (κ2) is 7.07. The first kappa shape index (κ1) is 18.5. The van der Waals surface area contributed by atoms with Gasteiger partial charge in [-0.3, -0.25) is 4.57 Å². The minimum atomic E-state index is -0.605. The van der Waals surface area contributed by atoms with E-state index < -0.39 is 6.03 Å². The summed E-state index contributed by atoms with van der Waals surface area (Å²) in [7, 11) is 0. The van der Waals surface area contributed by atoms with Crippen LogP contribution in [0.5, 0.6) is 0 Å². The highest BCUT2D eigenvalue weighted by molar-refractivity contribution is 6.31. The number of para-hydroxylation sites is 1. The van der Waals surface area contributed by atoms with Crippen molar-refractivity contribution in [2.45, 2.75) is 18.9 Å². The van der Waals surface area contributed by atoms with Crippen LogP contribution in [0.1, 0.15) is 24.7 Å². The number of urea groups is 1. The summed E-state index contributed by atoms with van der Waals surface area (Å²) in [5.74, 6) is 0.736. The molecule has 0 bridgehead atoms. The molecule has 3 amide bonds. The van der Waals surface area contributed by atoms with Crippen molar-refractivity contribution in [3.8, 4) is 0 Å².